The molecule has 0 aromatic heterocycles. The van der Waals surface area contributed by atoms with Crippen LogP contribution in [0.3, 0.4) is 0 Å². The molecular weight excluding hydrogens is 278 g/mol. The lowest BCUT2D eigenvalue weighted by Gasteiger charge is -2.21. The molecule has 0 aliphatic heterocycles. The van der Waals surface area contributed by atoms with E-state index in [4.69, 9.17) is 9.84 Å². The van der Waals surface area contributed by atoms with Gasteiger partial charge in [0.1, 0.15) is 18.5 Å². The molecule has 3 N–H and O–H groups in total. The lowest BCUT2D eigenvalue weighted by molar-refractivity contribution is 0.0991. The van der Waals surface area contributed by atoms with E-state index < -0.39 is 6.10 Å². The van der Waals surface area contributed by atoms with Gasteiger partial charge in [0.25, 0.3) is 0 Å². The molecule has 0 saturated heterocycles. The average Bonchev–Trinajstić information content (AvgIpc) is 2.46. The highest BCUT2D eigenvalue weighted by molar-refractivity contribution is 5.38. The third kappa shape index (κ3) is 5.95. The molecule has 4 nitrogen and oxygen atoms in total. The lowest BCUT2D eigenvalue weighted by atomic mass is 9.86. The Balaban J connectivity index is 2.51. The van der Waals surface area contributed by atoms with E-state index >= 15 is 0 Å². The normalized spacial score (nSPS) is 14.7. The van der Waals surface area contributed by atoms with E-state index in [2.05, 4.69) is 38.2 Å². The fourth-order valence-corrected chi connectivity index (χ4v) is 2.16. The first kappa shape index (κ1) is 18.9. The second kappa shape index (κ2) is 8.51. The minimum Gasteiger partial charge on any atom is -0.491 e. The number of aliphatic hydroxyl groups is 2. The summed E-state index contributed by atoms with van der Waals surface area (Å²) in [7, 11) is 0. The van der Waals surface area contributed by atoms with Crippen LogP contribution in [-0.4, -0.2) is 42.1 Å². The van der Waals surface area contributed by atoms with E-state index in [0.717, 1.165) is 17.7 Å². The van der Waals surface area contributed by atoms with Crippen LogP contribution in [0.25, 0.3) is 0 Å². The molecule has 0 fully saturated rings. The Morgan fingerprint density at radius 2 is 1.95 bits per heavy atom. The Morgan fingerprint density at radius 3 is 2.45 bits per heavy atom. The Bertz CT molecular complexity index is 450. The van der Waals surface area contributed by atoms with Gasteiger partial charge < -0.3 is 20.3 Å². The van der Waals surface area contributed by atoms with Gasteiger partial charge in [-0.15, -0.1) is 0 Å². The number of aliphatic hydroxyl groups excluding tert-OH is 2. The molecule has 0 aliphatic carbocycles. The molecule has 0 spiro atoms. The van der Waals surface area contributed by atoms with Gasteiger partial charge in [0.15, 0.2) is 0 Å². The maximum absolute atomic E-state index is 9.96. The summed E-state index contributed by atoms with van der Waals surface area (Å²) in [6.07, 6.45) is 0.236. The number of hydrogen-bond acceptors (Lipinski definition) is 4. The Morgan fingerprint density at radius 1 is 1.27 bits per heavy atom. The Kier molecular flexibility index (Phi) is 7.33. The quantitative estimate of drug-likeness (QED) is 0.690. The number of rotatable bonds is 8. The SMILES string of the molecule is CC[C@@H](CO)NC[C@H](O)COc1ccc(C(C)(C)C)cc1C. The van der Waals surface area contributed by atoms with Crippen LogP contribution in [-0.2, 0) is 5.41 Å². The predicted molar refractivity (Wildman–Crippen MR) is 90.5 cm³/mol. The van der Waals surface area contributed by atoms with E-state index in [1.807, 2.05) is 19.9 Å². The number of benzene rings is 1. The van der Waals surface area contributed by atoms with Crippen molar-refractivity contribution in [1.29, 1.82) is 0 Å². The highest BCUT2D eigenvalue weighted by Crippen LogP contribution is 2.27. The minimum absolute atomic E-state index is 0.0301. The summed E-state index contributed by atoms with van der Waals surface area (Å²) < 4.78 is 5.71. The van der Waals surface area contributed by atoms with Gasteiger partial charge in [-0.1, -0.05) is 39.8 Å². The van der Waals surface area contributed by atoms with Gasteiger partial charge in [-0.05, 0) is 36.0 Å². The van der Waals surface area contributed by atoms with Gasteiger partial charge in [-0.25, -0.2) is 0 Å². The third-order valence-electron chi connectivity index (χ3n) is 3.83. The van der Waals surface area contributed by atoms with Gasteiger partial charge in [0.2, 0.25) is 0 Å². The van der Waals surface area contributed by atoms with Crippen molar-refractivity contribution in [2.45, 2.75) is 58.6 Å². The highest BCUT2D eigenvalue weighted by atomic mass is 16.5. The molecule has 0 amide bonds. The molecule has 1 rings (SSSR count). The summed E-state index contributed by atoms with van der Waals surface area (Å²) in [5.41, 5.74) is 2.47. The predicted octanol–water partition coefficient (Wildman–Crippen LogP) is 2.39. The molecule has 2 atom stereocenters. The van der Waals surface area contributed by atoms with Gasteiger partial charge in [-0.3, -0.25) is 0 Å². The summed E-state index contributed by atoms with van der Waals surface area (Å²) in [4.78, 5) is 0. The zero-order valence-electron chi connectivity index (χ0n) is 14.5. The van der Waals surface area contributed by atoms with Crippen molar-refractivity contribution in [3.63, 3.8) is 0 Å². The molecule has 1 aromatic carbocycles. The zero-order chi connectivity index (χ0) is 16.8. The maximum Gasteiger partial charge on any atom is 0.122 e. The highest BCUT2D eigenvalue weighted by Gasteiger charge is 2.15. The van der Waals surface area contributed by atoms with Crippen LogP contribution in [0.4, 0.5) is 0 Å². The molecule has 126 valence electrons. The standard InChI is InChI=1S/C18H31NO3/c1-6-15(11-20)19-10-16(21)12-22-17-8-7-14(9-13(17)2)18(3,4)5/h7-9,15-16,19-21H,6,10-12H2,1-5H3/t15-,16-/m0/s1. The summed E-state index contributed by atoms with van der Waals surface area (Å²) in [5, 5.41) is 22.2. The van der Waals surface area contributed by atoms with E-state index in [1.54, 1.807) is 0 Å². The third-order valence-corrected chi connectivity index (χ3v) is 3.83. The topological polar surface area (TPSA) is 61.7 Å². The summed E-state index contributed by atoms with van der Waals surface area (Å²) in [6.45, 7) is 11.3. The molecular formula is C18H31NO3. The van der Waals surface area contributed by atoms with Crippen molar-refractivity contribution < 1.29 is 14.9 Å². The second-order valence-corrected chi connectivity index (χ2v) is 6.89. The zero-order valence-corrected chi connectivity index (χ0v) is 14.5. The average molecular weight is 309 g/mol. The van der Waals surface area contributed by atoms with Crippen molar-refractivity contribution in [3.8, 4) is 5.75 Å². The summed E-state index contributed by atoms with van der Waals surface area (Å²) in [6, 6.07) is 6.21. The Labute approximate surface area is 134 Å². The first-order valence-corrected chi connectivity index (χ1v) is 8.04. The molecule has 0 unspecified atom stereocenters. The summed E-state index contributed by atoms with van der Waals surface area (Å²) >= 11 is 0. The van der Waals surface area contributed by atoms with Crippen molar-refractivity contribution in [1.82, 2.24) is 5.32 Å². The first-order chi connectivity index (χ1) is 10.3. The molecule has 22 heavy (non-hydrogen) atoms. The molecule has 1 aromatic rings. The molecule has 0 saturated carbocycles. The van der Waals surface area contributed by atoms with Crippen molar-refractivity contribution in [2.24, 2.45) is 0 Å². The van der Waals surface area contributed by atoms with E-state index in [-0.39, 0.29) is 24.7 Å². The molecule has 0 heterocycles. The van der Waals surface area contributed by atoms with Gasteiger partial charge in [0.05, 0.1) is 6.61 Å². The van der Waals surface area contributed by atoms with Crippen molar-refractivity contribution in [2.75, 3.05) is 19.8 Å². The fraction of sp³-hybridized carbons (Fsp3) is 0.667. The maximum atomic E-state index is 9.96. The van der Waals surface area contributed by atoms with Gasteiger partial charge in [-0.2, -0.15) is 0 Å². The van der Waals surface area contributed by atoms with E-state index in [1.165, 1.54) is 5.56 Å². The molecule has 0 aliphatic rings. The largest absolute Gasteiger partial charge is 0.491 e. The first-order valence-electron chi connectivity index (χ1n) is 8.04. The van der Waals surface area contributed by atoms with Gasteiger partial charge >= 0.3 is 0 Å². The van der Waals surface area contributed by atoms with Crippen LogP contribution in [0.15, 0.2) is 18.2 Å². The number of ether oxygens (including phenoxy) is 1. The molecule has 0 radical (unpaired) electrons. The van der Waals surface area contributed by atoms with Crippen LogP contribution in [0.2, 0.25) is 0 Å². The monoisotopic (exact) mass is 309 g/mol. The van der Waals surface area contributed by atoms with Crippen molar-refractivity contribution in [3.05, 3.63) is 29.3 Å². The smallest absolute Gasteiger partial charge is 0.122 e. The van der Waals surface area contributed by atoms with Gasteiger partial charge in [0, 0.05) is 12.6 Å². The minimum atomic E-state index is -0.595. The van der Waals surface area contributed by atoms with Crippen LogP contribution < -0.4 is 10.1 Å². The lowest BCUT2D eigenvalue weighted by Crippen LogP contribution is -2.39. The van der Waals surface area contributed by atoms with Crippen molar-refractivity contribution >= 4 is 0 Å². The fourth-order valence-electron chi connectivity index (χ4n) is 2.16. The summed E-state index contributed by atoms with van der Waals surface area (Å²) in [5.74, 6) is 0.807. The number of nitrogens with one attached hydrogen (secondary N) is 1. The van der Waals surface area contributed by atoms with E-state index in [9.17, 15) is 5.11 Å². The molecule has 4 heteroatoms. The van der Waals surface area contributed by atoms with Crippen LogP contribution in [0.1, 0.15) is 45.2 Å². The van der Waals surface area contributed by atoms with Crippen LogP contribution in [0.5, 0.6) is 5.75 Å². The van der Waals surface area contributed by atoms with Crippen LogP contribution >= 0.6 is 0 Å². The molecule has 0 bridgehead atoms. The Hall–Kier alpha value is -1.10. The number of aryl methyl sites for hydroxylation is 1. The number of hydrogen-bond donors (Lipinski definition) is 3. The van der Waals surface area contributed by atoms with E-state index in [0.29, 0.717) is 6.54 Å². The van der Waals surface area contributed by atoms with Crippen LogP contribution in [0, 0.1) is 6.92 Å². The second-order valence-electron chi connectivity index (χ2n) is 6.89.